The number of benzene rings is 2. The second-order valence-corrected chi connectivity index (χ2v) is 12.2. The van der Waals surface area contributed by atoms with Crippen LogP contribution in [0.1, 0.15) is 79.6 Å². The molecule has 1 atom stereocenters. The van der Waals surface area contributed by atoms with Crippen LogP contribution in [0.15, 0.2) is 54.6 Å². The van der Waals surface area contributed by atoms with E-state index in [1.54, 1.807) is 0 Å². The van der Waals surface area contributed by atoms with Crippen molar-refractivity contribution in [3.05, 3.63) is 77.0 Å². The topological polar surface area (TPSA) is 82.5 Å². The SMILES string of the molecule is CC(C)(Cc1c2c(nc3ccccc13)CCC(CCCC1CCN(Cc3ccccc3)CC1)C2=O)NC(=O)O. The van der Waals surface area contributed by atoms with Crippen LogP contribution >= 0.6 is 0 Å². The van der Waals surface area contributed by atoms with Gasteiger partial charge in [-0.1, -0.05) is 61.4 Å². The summed E-state index contributed by atoms with van der Waals surface area (Å²) >= 11 is 0. The van der Waals surface area contributed by atoms with Crippen LogP contribution in [-0.2, 0) is 19.4 Å². The normalized spacial score (nSPS) is 18.7. The van der Waals surface area contributed by atoms with Crippen molar-refractivity contribution in [3.8, 4) is 0 Å². The van der Waals surface area contributed by atoms with E-state index in [0.29, 0.717) is 6.42 Å². The summed E-state index contributed by atoms with van der Waals surface area (Å²) in [6.45, 7) is 7.08. The molecule has 1 amide bonds. The van der Waals surface area contributed by atoms with Gasteiger partial charge in [0.15, 0.2) is 5.78 Å². The van der Waals surface area contributed by atoms with Crippen LogP contribution in [0.4, 0.5) is 4.79 Å². The van der Waals surface area contributed by atoms with Gasteiger partial charge in [0.25, 0.3) is 0 Å². The Hall–Kier alpha value is -3.25. The van der Waals surface area contributed by atoms with Gasteiger partial charge in [-0.2, -0.15) is 0 Å². The van der Waals surface area contributed by atoms with Crippen molar-refractivity contribution in [2.75, 3.05) is 13.1 Å². The summed E-state index contributed by atoms with van der Waals surface area (Å²) in [6, 6.07) is 18.6. The second kappa shape index (κ2) is 11.9. The van der Waals surface area contributed by atoms with Gasteiger partial charge in [-0.05, 0) is 88.6 Å². The lowest BCUT2D eigenvalue weighted by atomic mass is 9.77. The predicted molar refractivity (Wildman–Crippen MR) is 155 cm³/mol. The number of amides is 1. The smallest absolute Gasteiger partial charge is 0.405 e. The van der Waals surface area contributed by atoms with E-state index in [2.05, 4.69) is 40.5 Å². The number of piperidine rings is 1. The number of carboxylic acid groups (broad SMARTS) is 1. The molecule has 1 aliphatic carbocycles. The van der Waals surface area contributed by atoms with E-state index in [1.807, 2.05) is 38.1 Å². The molecule has 1 unspecified atom stereocenters. The molecule has 5 rings (SSSR count). The molecular weight excluding hydrogens is 486 g/mol. The third-order valence-corrected chi connectivity index (χ3v) is 8.61. The second-order valence-electron chi connectivity index (χ2n) is 12.2. The largest absolute Gasteiger partial charge is 0.465 e. The zero-order valence-electron chi connectivity index (χ0n) is 23.3. The number of hydrogen-bond donors (Lipinski definition) is 2. The Morgan fingerprint density at radius 1 is 1.03 bits per heavy atom. The Morgan fingerprint density at radius 3 is 2.49 bits per heavy atom. The van der Waals surface area contributed by atoms with Crippen LogP contribution in [0.3, 0.4) is 0 Å². The molecule has 2 aromatic carbocycles. The van der Waals surface area contributed by atoms with Gasteiger partial charge in [-0.15, -0.1) is 0 Å². The first-order chi connectivity index (χ1) is 18.8. The highest BCUT2D eigenvalue weighted by Crippen LogP contribution is 2.36. The highest BCUT2D eigenvalue weighted by atomic mass is 16.4. The average molecular weight is 528 g/mol. The Kier molecular flexibility index (Phi) is 8.31. The van der Waals surface area contributed by atoms with E-state index in [1.165, 1.54) is 24.8 Å². The first kappa shape index (κ1) is 27.3. The molecule has 1 fully saturated rings. The number of aryl methyl sites for hydroxylation is 1. The third-order valence-electron chi connectivity index (χ3n) is 8.61. The number of ketones is 1. The van der Waals surface area contributed by atoms with Gasteiger partial charge in [0.1, 0.15) is 0 Å². The van der Waals surface area contributed by atoms with E-state index in [-0.39, 0.29) is 11.7 Å². The fraction of sp³-hybridized carbons (Fsp3) is 0.485. The van der Waals surface area contributed by atoms with Gasteiger partial charge < -0.3 is 10.4 Å². The third kappa shape index (κ3) is 6.67. The first-order valence-electron chi connectivity index (χ1n) is 14.5. The predicted octanol–water partition coefficient (Wildman–Crippen LogP) is 6.65. The van der Waals surface area contributed by atoms with Crippen molar-refractivity contribution in [1.29, 1.82) is 0 Å². The summed E-state index contributed by atoms with van der Waals surface area (Å²) in [5, 5.41) is 13.0. The number of para-hydroxylation sites is 1. The summed E-state index contributed by atoms with van der Waals surface area (Å²) in [7, 11) is 0. The minimum atomic E-state index is -1.05. The van der Waals surface area contributed by atoms with Crippen molar-refractivity contribution in [2.45, 2.75) is 77.3 Å². The van der Waals surface area contributed by atoms with Gasteiger partial charge in [-0.3, -0.25) is 14.7 Å². The van der Waals surface area contributed by atoms with Crippen molar-refractivity contribution >= 4 is 22.8 Å². The van der Waals surface area contributed by atoms with Gasteiger partial charge in [-0.25, -0.2) is 4.79 Å². The number of carbonyl (C=O) groups excluding carboxylic acids is 1. The molecule has 0 bridgehead atoms. The first-order valence-corrected chi connectivity index (χ1v) is 14.5. The van der Waals surface area contributed by atoms with E-state index in [0.717, 1.165) is 79.0 Å². The van der Waals surface area contributed by atoms with E-state index >= 15 is 0 Å². The van der Waals surface area contributed by atoms with Crippen LogP contribution in [-0.4, -0.2) is 45.5 Å². The van der Waals surface area contributed by atoms with Crippen molar-refractivity contribution in [3.63, 3.8) is 0 Å². The minimum absolute atomic E-state index is 0.0212. The summed E-state index contributed by atoms with van der Waals surface area (Å²) < 4.78 is 0. The molecule has 0 spiro atoms. The Morgan fingerprint density at radius 2 is 1.74 bits per heavy atom. The number of likely N-dealkylation sites (tertiary alicyclic amines) is 1. The monoisotopic (exact) mass is 527 g/mol. The van der Waals surface area contributed by atoms with Gasteiger partial charge in [0.05, 0.1) is 11.2 Å². The zero-order chi connectivity index (χ0) is 27.4. The molecule has 1 aliphatic heterocycles. The quantitative estimate of drug-likeness (QED) is 0.326. The standard InChI is InChI=1S/C33H41N3O3/c1-33(2,35-32(38)39)21-27-26-13-6-7-14-28(26)34-29-16-15-25(31(37)30(27)29)12-8-11-23-17-19-36(20-18-23)22-24-9-4-3-5-10-24/h3-7,9-10,13-14,23,25,35H,8,11-12,15-22H2,1-2H3,(H,38,39). The highest BCUT2D eigenvalue weighted by Gasteiger charge is 2.34. The van der Waals surface area contributed by atoms with Crippen molar-refractivity contribution < 1.29 is 14.7 Å². The molecular formula is C33H41N3O3. The number of pyridine rings is 1. The molecule has 0 radical (unpaired) electrons. The molecule has 1 aromatic heterocycles. The molecule has 3 aromatic rings. The maximum Gasteiger partial charge on any atom is 0.405 e. The number of nitrogens with one attached hydrogen (secondary N) is 1. The fourth-order valence-electron chi connectivity index (χ4n) is 6.62. The van der Waals surface area contributed by atoms with Crippen LogP contribution < -0.4 is 5.32 Å². The molecule has 2 heterocycles. The lowest BCUT2D eigenvalue weighted by molar-refractivity contribution is 0.0887. The van der Waals surface area contributed by atoms with Crippen LogP contribution in [0, 0.1) is 11.8 Å². The van der Waals surface area contributed by atoms with Gasteiger partial charge in [0.2, 0.25) is 0 Å². The fourth-order valence-corrected chi connectivity index (χ4v) is 6.62. The number of aromatic nitrogens is 1. The van der Waals surface area contributed by atoms with Crippen LogP contribution in [0.25, 0.3) is 10.9 Å². The average Bonchev–Trinajstić information content (AvgIpc) is 2.90. The van der Waals surface area contributed by atoms with Gasteiger partial charge in [0, 0.05) is 29.0 Å². The molecule has 39 heavy (non-hydrogen) atoms. The number of Topliss-reactive ketones (excluding diaryl/α,β-unsaturated/α-hetero) is 1. The molecule has 0 saturated carbocycles. The maximum atomic E-state index is 13.9. The van der Waals surface area contributed by atoms with Crippen LogP contribution in [0.2, 0.25) is 0 Å². The van der Waals surface area contributed by atoms with Crippen LogP contribution in [0.5, 0.6) is 0 Å². The maximum absolute atomic E-state index is 13.9. The lowest BCUT2D eigenvalue weighted by Gasteiger charge is -2.32. The van der Waals surface area contributed by atoms with E-state index in [9.17, 15) is 14.7 Å². The molecule has 2 aliphatic rings. The number of nitrogens with zero attached hydrogens (tertiary/aromatic N) is 2. The van der Waals surface area contributed by atoms with E-state index < -0.39 is 11.6 Å². The Bertz CT molecular complexity index is 1310. The summed E-state index contributed by atoms with van der Waals surface area (Å²) in [4.78, 5) is 32.8. The number of hydrogen-bond acceptors (Lipinski definition) is 4. The number of rotatable bonds is 9. The molecule has 6 heteroatoms. The molecule has 2 N–H and O–H groups in total. The number of fused-ring (bicyclic) bond motifs is 2. The Labute approximate surface area is 231 Å². The Balaban J connectivity index is 1.22. The molecule has 206 valence electrons. The minimum Gasteiger partial charge on any atom is -0.465 e. The van der Waals surface area contributed by atoms with E-state index in [4.69, 9.17) is 4.98 Å². The number of carbonyl (C=O) groups is 2. The zero-order valence-corrected chi connectivity index (χ0v) is 23.3. The summed E-state index contributed by atoms with van der Waals surface area (Å²) in [6.07, 6.45) is 6.71. The molecule has 1 saturated heterocycles. The van der Waals surface area contributed by atoms with Crippen molar-refractivity contribution in [1.82, 2.24) is 15.2 Å². The molecule has 6 nitrogen and oxygen atoms in total. The lowest BCUT2D eigenvalue weighted by Crippen LogP contribution is -2.45. The van der Waals surface area contributed by atoms with Crippen molar-refractivity contribution in [2.24, 2.45) is 11.8 Å². The summed E-state index contributed by atoms with van der Waals surface area (Å²) in [5.74, 6) is 0.966. The summed E-state index contributed by atoms with van der Waals surface area (Å²) in [5.41, 5.74) is 4.13. The highest BCUT2D eigenvalue weighted by molar-refractivity contribution is 6.05. The van der Waals surface area contributed by atoms with Gasteiger partial charge >= 0.3 is 6.09 Å².